The summed E-state index contributed by atoms with van der Waals surface area (Å²) in [5, 5.41) is 2.25. The molecule has 6 heteroatoms. The molecule has 0 aliphatic carbocycles. The number of hydrogen-bond donors (Lipinski definition) is 2. The normalized spacial score (nSPS) is 8.20. The summed E-state index contributed by atoms with van der Waals surface area (Å²) in [6, 6.07) is -0.411. The summed E-state index contributed by atoms with van der Waals surface area (Å²) in [4.78, 5) is 20.8. The Bertz CT molecular complexity index is 122. The average Bonchev–Trinajstić information content (AvgIpc) is 1.99. The summed E-state index contributed by atoms with van der Waals surface area (Å²) in [5.74, 6) is -0.472. The van der Waals surface area contributed by atoms with Gasteiger partial charge in [0.25, 0.3) is 0 Å². The topological polar surface area (TPSA) is 67.4 Å². The summed E-state index contributed by atoms with van der Waals surface area (Å²) in [7, 11) is 1.26. The van der Waals surface area contributed by atoms with Crippen LogP contribution in [-0.2, 0) is 9.53 Å². The molecule has 2 N–H and O–H groups in total. The van der Waals surface area contributed by atoms with Crippen LogP contribution in [0.4, 0.5) is 4.79 Å². The standard InChI is InChI=1S/C4H7IN2O3/c1-10-3(8)2-6-4(9)7-5/h2H2,1H3,(H2,6,7,9). The minimum absolute atomic E-state index is 0.106. The Morgan fingerprint density at radius 2 is 2.20 bits per heavy atom. The fourth-order valence-corrected chi connectivity index (χ4v) is 0.449. The SMILES string of the molecule is COC(=O)CNC(=O)NI. The number of hydrogen-bond acceptors (Lipinski definition) is 3. The van der Waals surface area contributed by atoms with Crippen molar-refractivity contribution < 1.29 is 14.3 Å². The summed E-state index contributed by atoms with van der Waals surface area (Å²) in [5.41, 5.74) is 0. The van der Waals surface area contributed by atoms with Crippen LogP contribution in [0, 0.1) is 0 Å². The van der Waals surface area contributed by atoms with Crippen LogP contribution >= 0.6 is 22.9 Å². The first-order valence-corrected chi connectivity index (χ1v) is 3.50. The van der Waals surface area contributed by atoms with Gasteiger partial charge < -0.3 is 10.1 Å². The van der Waals surface area contributed by atoms with Crippen LogP contribution in [-0.4, -0.2) is 25.7 Å². The highest BCUT2D eigenvalue weighted by Gasteiger charge is 2.01. The van der Waals surface area contributed by atoms with Crippen LogP contribution in [0.5, 0.6) is 0 Å². The van der Waals surface area contributed by atoms with E-state index in [0.29, 0.717) is 0 Å². The zero-order valence-electron chi connectivity index (χ0n) is 5.31. The van der Waals surface area contributed by atoms with E-state index < -0.39 is 12.0 Å². The lowest BCUT2D eigenvalue weighted by atomic mass is 10.6. The van der Waals surface area contributed by atoms with E-state index in [0.717, 1.165) is 0 Å². The van der Waals surface area contributed by atoms with Gasteiger partial charge in [-0.25, -0.2) is 4.79 Å². The molecule has 0 rings (SSSR count). The predicted octanol–water partition coefficient (Wildman–Crippen LogP) is -0.191. The molecule has 0 aliphatic heterocycles. The number of methoxy groups -OCH3 is 1. The average molecular weight is 258 g/mol. The molecule has 5 nitrogen and oxygen atoms in total. The molecule has 0 saturated heterocycles. The molecule has 0 atom stereocenters. The number of ether oxygens (including phenoxy) is 1. The van der Waals surface area contributed by atoms with Gasteiger partial charge in [0.15, 0.2) is 0 Å². The maximum absolute atomic E-state index is 10.4. The summed E-state index contributed by atoms with van der Waals surface area (Å²) < 4.78 is 6.52. The molecular formula is C4H7IN2O3. The summed E-state index contributed by atoms with van der Waals surface area (Å²) >= 11 is 1.66. The van der Waals surface area contributed by atoms with Gasteiger partial charge in [-0.05, 0) is 0 Å². The van der Waals surface area contributed by atoms with Crippen LogP contribution in [0.2, 0.25) is 0 Å². The second kappa shape index (κ2) is 5.27. The molecular weight excluding hydrogens is 251 g/mol. The largest absolute Gasteiger partial charge is 0.468 e. The fourth-order valence-electron chi connectivity index (χ4n) is 0.258. The van der Waals surface area contributed by atoms with Crippen LogP contribution in [0.25, 0.3) is 0 Å². The highest BCUT2D eigenvalue weighted by molar-refractivity contribution is 14.1. The molecule has 0 radical (unpaired) electrons. The van der Waals surface area contributed by atoms with E-state index in [1.807, 2.05) is 0 Å². The first-order chi connectivity index (χ1) is 4.70. The summed E-state index contributed by atoms with van der Waals surface area (Å²) in [6.45, 7) is -0.106. The number of urea groups is 1. The molecule has 0 saturated carbocycles. The molecule has 0 heterocycles. The van der Waals surface area contributed by atoms with E-state index in [-0.39, 0.29) is 6.54 Å². The molecule has 2 amide bonds. The molecule has 0 aromatic heterocycles. The number of esters is 1. The van der Waals surface area contributed by atoms with Crippen molar-refractivity contribution in [1.82, 2.24) is 8.85 Å². The lowest BCUT2D eigenvalue weighted by molar-refractivity contribution is -0.139. The van der Waals surface area contributed by atoms with E-state index in [1.54, 1.807) is 22.9 Å². The van der Waals surface area contributed by atoms with Gasteiger partial charge in [-0.1, -0.05) is 0 Å². The second-order valence-corrected chi connectivity index (χ2v) is 1.89. The second-order valence-electron chi connectivity index (χ2n) is 1.35. The van der Waals surface area contributed by atoms with Crippen molar-refractivity contribution in [1.29, 1.82) is 0 Å². The molecule has 0 aliphatic rings. The minimum Gasteiger partial charge on any atom is -0.468 e. The lowest BCUT2D eigenvalue weighted by Crippen LogP contribution is -2.34. The van der Waals surface area contributed by atoms with Crippen LogP contribution in [0.3, 0.4) is 0 Å². The molecule has 0 bridgehead atoms. The monoisotopic (exact) mass is 258 g/mol. The Labute approximate surface area is 72.0 Å². The third-order valence-corrected chi connectivity index (χ3v) is 1.20. The Kier molecular flexibility index (Phi) is 4.99. The molecule has 0 aromatic carbocycles. The Balaban J connectivity index is 3.35. The Hall–Kier alpha value is -0.530. The van der Waals surface area contributed by atoms with E-state index >= 15 is 0 Å². The number of amides is 2. The van der Waals surface area contributed by atoms with Gasteiger partial charge >= 0.3 is 12.0 Å². The predicted molar refractivity (Wildman–Crippen MR) is 42.6 cm³/mol. The third kappa shape index (κ3) is 4.36. The molecule has 58 valence electrons. The number of halogens is 1. The van der Waals surface area contributed by atoms with Gasteiger partial charge in [-0.2, -0.15) is 0 Å². The summed E-state index contributed by atoms with van der Waals surface area (Å²) in [6.07, 6.45) is 0. The first-order valence-electron chi connectivity index (χ1n) is 2.42. The maximum Gasteiger partial charge on any atom is 0.325 e. The van der Waals surface area contributed by atoms with Gasteiger partial charge in [-0.15, -0.1) is 0 Å². The van der Waals surface area contributed by atoms with Crippen molar-refractivity contribution in [2.75, 3.05) is 13.7 Å². The highest BCUT2D eigenvalue weighted by atomic mass is 127. The van der Waals surface area contributed by atoms with Crippen molar-refractivity contribution >= 4 is 34.9 Å². The van der Waals surface area contributed by atoms with Gasteiger partial charge in [0.1, 0.15) is 6.54 Å². The molecule has 0 spiro atoms. The third-order valence-electron chi connectivity index (χ3n) is 0.707. The minimum atomic E-state index is -0.472. The van der Waals surface area contributed by atoms with Crippen LogP contribution in [0.15, 0.2) is 0 Å². The van der Waals surface area contributed by atoms with E-state index in [1.165, 1.54) is 7.11 Å². The molecule has 0 fully saturated rings. The zero-order valence-corrected chi connectivity index (χ0v) is 7.47. The molecule has 0 aromatic rings. The van der Waals surface area contributed by atoms with E-state index in [9.17, 15) is 9.59 Å². The van der Waals surface area contributed by atoms with Gasteiger partial charge in [0.05, 0.1) is 30.0 Å². The molecule has 10 heavy (non-hydrogen) atoms. The smallest absolute Gasteiger partial charge is 0.325 e. The number of nitrogens with one attached hydrogen (secondary N) is 2. The highest BCUT2D eigenvalue weighted by Crippen LogP contribution is 1.73. The maximum atomic E-state index is 10.4. The molecule has 0 unspecified atom stereocenters. The lowest BCUT2D eigenvalue weighted by Gasteiger charge is -1.99. The quantitative estimate of drug-likeness (QED) is 0.410. The van der Waals surface area contributed by atoms with Crippen LogP contribution < -0.4 is 8.85 Å². The van der Waals surface area contributed by atoms with E-state index in [4.69, 9.17) is 0 Å². The number of carbonyl (C=O) groups excluding carboxylic acids is 2. The van der Waals surface area contributed by atoms with Crippen molar-refractivity contribution in [2.45, 2.75) is 0 Å². The van der Waals surface area contributed by atoms with E-state index in [2.05, 4.69) is 13.6 Å². The number of carbonyl (C=O) groups is 2. The van der Waals surface area contributed by atoms with Crippen molar-refractivity contribution in [3.63, 3.8) is 0 Å². The van der Waals surface area contributed by atoms with Crippen molar-refractivity contribution in [3.05, 3.63) is 0 Å². The fraction of sp³-hybridized carbons (Fsp3) is 0.500. The van der Waals surface area contributed by atoms with Gasteiger partial charge in [0, 0.05) is 0 Å². The zero-order chi connectivity index (χ0) is 7.98. The Morgan fingerprint density at radius 3 is 2.60 bits per heavy atom. The van der Waals surface area contributed by atoms with Crippen LogP contribution in [0.1, 0.15) is 0 Å². The van der Waals surface area contributed by atoms with Crippen molar-refractivity contribution in [3.8, 4) is 0 Å². The van der Waals surface area contributed by atoms with Gasteiger partial charge in [-0.3, -0.25) is 8.32 Å². The first kappa shape index (κ1) is 9.47. The van der Waals surface area contributed by atoms with Crippen molar-refractivity contribution in [2.24, 2.45) is 0 Å². The Morgan fingerprint density at radius 1 is 1.60 bits per heavy atom. The van der Waals surface area contributed by atoms with Gasteiger partial charge in [0.2, 0.25) is 0 Å². The number of rotatable bonds is 2.